The minimum absolute atomic E-state index is 0.0493. The van der Waals surface area contributed by atoms with E-state index in [0.717, 1.165) is 23.0 Å². The first-order chi connectivity index (χ1) is 16.6. The Hall–Kier alpha value is -3.53. The van der Waals surface area contributed by atoms with Crippen LogP contribution in [0.5, 0.6) is 0 Å². The molecule has 0 fully saturated rings. The molecule has 0 bridgehead atoms. The molecule has 4 rings (SSSR count). The largest absolute Gasteiger partial charge is 0.428 e. The Kier molecular flexibility index (Phi) is 6.75. The highest BCUT2D eigenvalue weighted by Gasteiger charge is 2.65. The Bertz CT molecular complexity index is 1300. The number of carbonyl (C=O) groups is 1. The summed E-state index contributed by atoms with van der Waals surface area (Å²) in [7, 11) is 0. The first-order valence-corrected chi connectivity index (χ1v) is 11.0. The lowest BCUT2D eigenvalue weighted by atomic mass is 9.85. The van der Waals surface area contributed by atoms with Crippen LogP contribution in [-0.2, 0) is 24.2 Å². The predicted octanol–water partition coefficient (Wildman–Crippen LogP) is 5.61. The Labute approximate surface area is 203 Å². The molecule has 2 aromatic carbocycles. The van der Waals surface area contributed by atoms with Crippen LogP contribution < -0.4 is 5.32 Å². The van der Waals surface area contributed by atoms with E-state index in [1.54, 1.807) is 30.5 Å². The van der Waals surface area contributed by atoms with E-state index in [4.69, 9.17) is 11.6 Å². The van der Waals surface area contributed by atoms with Crippen LogP contribution in [0.15, 0.2) is 70.7 Å². The van der Waals surface area contributed by atoms with Gasteiger partial charge in [0.25, 0.3) is 11.4 Å². The standard InChI is InChI=1S/C24H20ClF4N5O/c1-14-11-31-33-20(14)10-16-7-5-15(6-8-16)9-18-13-32-34-23(18,24(27,28)29)22(35)30-12-17-3-2-4-19(25)21(17)26/h2-8,11,13H,9-10,12H2,1H3,(H,30,35)(H,31,33). The van der Waals surface area contributed by atoms with Gasteiger partial charge in [-0.25, -0.2) is 4.39 Å². The third-order valence-electron chi connectivity index (χ3n) is 5.83. The van der Waals surface area contributed by atoms with E-state index in [0.29, 0.717) is 12.0 Å². The van der Waals surface area contributed by atoms with Crippen LogP contribution >= 0.6 is 11.6 Å². The lowest BCUT2D eigenvalue weighted by Gasteiger charge is -2.29. The van der Waals surface area contributed by atoms with Crippen LogP contribution in [0.2, 0.25) is 5.02 Å². The SMILES string of the molecule is Cc1cn[nH]c1Cc1ccc(CC2=CN=NC2(C(=O)NCc2cccc(Cl)c2F)C(F)(F)F)cc1. The van der Waals surface area contributed by atoms with Gasteiger partial charge in [0.1, 0.15) is 5.82 Å². The van der Waals surface area contributed by atoms with E-state index in [1.165, 1.54) is 18.2 Å². The molecule has 11 heteroatoms. The van der Waals surface area contributed by atoms with E-state index in [-0.39, 0.29) is 22.6 Å². The predicted molar refractivity (Wildman–Crippen MR) is 121 cm³/mol. The molecular formula is C24H20ClF4N5O. The van der Waals surface area contributed by atoms with Crippen molar-refractivity contribution in [2.45, 2.75) is 38.0 Å². The van der Waals surface area contributed by atoms with Gasteiger partial charge in [0.15, 0.2) is 0 Å². The van der Waals surface area contributed by atoms with Gasteiger partial charge in [-0.15, -0.1) is 0 Å². The number of nitrogens with zero attached hydrogens (tertiary/aromatic N) is 3. The topological polar surface area (TPSA) is 82.5 Å². The van der Waals surface area contributed by atoms with Gasteiger partial charge in [0, 0.05) is 29.8 Å². The summed E-state index contributed by atoms with van der Waals surface area (Å²) in [6.07, 6.45) is -2.00. The third-order valence-corrected chi connectivity index (χ3v) is 6.12. The van der Waals surface area contributed by atoms with Crippen LogP contribution in [0.25, 0.3) is 0 Å². The van der Waals surface area contributed by atoms with Gasteiger partial charge >= 0.3 is 6.18 Å². The molecule has 35 heavy (non-hydrogen) atoms. The van der Waals surface area contributed by atoms with Gasteiger partial charge in [-0.1, -0.05) is 48.0 Å². The smallest absolute Gasteiger partial charge is 0.349 e. The minimum atomic E-state index is -5.06. The zero-order valence-electron chi connectivity index (χ0n) is 18.5. The first kappa shape index (κ1) is 24.6. The number of amides is 1. The average molecular weight is 506 g/mol. The summed E-state index contributed by atoms with van der Waals surface area (Å²) in [5.41, 5.74) is -0.133. The molecule has 6 nitrogen and oxygen atoms in total. The summed E-state index contributed by atoms with van der Waals surface area (Å²) in [5, 5.41) is 15.6. The number of carbonyl (C=O) groups excluding carboxylic acids is 1. The quantitative estimate of drug-likeness (QED) is 0.409. The maximum atomic E-state index is 14.2. The molecule has 1 unspecified atom stereocenters. The highest BCUT2D eigenvalue weighted by Crippen LogP contribution is 2.44. The van der Waals surface area contributed by atoms with Crippen LogP contribution in [0.4, 0.5) is 17.6 Å². The molecule has 0 aliphatic carbocycles. The number of halogens is 5. The van der Waals surface area contributed by atoms with E-state index in [2.05, 4.69) is 25.7 Å². The summed E-state index contributed by atoms with van der Waals surface area (Å²) >= 11 is 5.71. The van der Waals surface area contributed by atoms with E-state index in [9.17, 15) is 22.4 Å². The van der Waals surface area contributed by atoms with Crippen LogP contribution in [0.3, 0.4) is 0 Å². The second kappa shape index (κ2) is 9.61. The molecule has 0 saturated heterocycles. The van der Waals surface area contributed by atoms with Crippen molar-refractivity contribution in [3.8, 4) is 0 Å². The maximum Gasteiger partial charge on any atom is 0.428 e. The van der Waals surface area contributed by atoms with E-state index < -0.39 is 30.0 Å². The molecule has 1 amide bonds. The van der Waals surface area contributed by atoms with Gasteiger partial charge in [0.2, 0.25) is 0 Å². The molecule has 3 aromatic rings. The molecule has 1 atom stereocenters. The van der Waals surface area contributed by atoms with E-state index >= 15 is 0 Å². The Balaban J connectivity index is 1.52. The van der Waals surface area contributed by atoms with Crippen molar-refractivity contribution >= 4 is 17.5 Å². The second-order valence-corrected chi connectivity index (χ2v) is 8.58. The van der Waals surface area contributed by atoms with Crippen molar-refractivity contribution in [1.29, 1.82) is 0 Å². The number of aromatic amines is 1. The number of rotatable bonds is 7. The van der Waals surface area contributed by atoms with Crippen molar-refractivity contribution in [2.75, 3.05) is 0 Å². The molecule has 1 aromatic heterocycles. The fourth-order valence-electron chi connectivity index (χ4n) is 3.81. The Morgan fingerprint density at radius 2 is 1.80 bits per heavy atom. The van der Waals surface area contributed by atoms with Crippen molar-refractivity contribution < 1.29 is 22.4 Å². The molecular weight excluding hydrogens is 486 g/mol. The highest BCUT2D eigenvalue weighted by atomic mass is 35.5. The van der Waals surface area contributed by atoms with Crippen LogP contribution in [0.1, 0.15) is 27.9 Å². The zero-order valence-corrected chi connectivity index (χ0v) is 19.2. The molecule has 0 spiro atoms. The number of aryl methyl sites for hydroxylation is 1. The minimum Gasteiger partial charge on any atom is -0.349 e. The van der Waals surface area contributed by atoms with Gasteiger partial charge in [-0.2, -0.15) is 28.5 Å². The number of H-pyrrole nitrogens is 1. The normalized spacial score (nSPS) is 17.5. The molecule has 1 aliphatic heterocycles. The summed E-state index contributed by atoms with van der Waals surface area (Å²) in [6, 6.07) is 11.0. The third kappa shape index (κ3) is 4.84. The summed E-state index contributed by atoms with van der Waals surface area (Å²) < 4.78 is 56.9. The van der Waals surface area contributed by atoms with Gasteiger partial charge < -0.3 is 5.32 Å². The van der Waals surface area contributed by atoms with Crippen molar-refractivity contribution in [1.82, 2.24) is 15.5 Å². The van der Waals surface area contributed by atoms with Crippen molar-refractivity contribution in [2.24, 2.45) is 10.2 Å². The zero-order chi connectivity index (χ0) is 25.2. The number of azo groups is 1. The second-order valence-electron chi connectivity index (χ2n) is 8.18. The fourth-order valence-corrected chi connectivity index (χ4v) is 4.01. The number of alkyl halides is 3. The molecule has 2 heterocycles. The first-order valence-electron chi connectivity index (χ1n) is 10.6. The summed E-state index contributed by atoms with van der Waals surface area (Å²) in [6.45, 7) is 1.43. The van der Waals surface area contributed by atoms with Gasteiger partial charge in [-0.3, -0.25) is 9.89 Å². The van der Waals surface area contributed by atoms with E-state index in [1.807, 2.05) is 6.92 Å². The van der Waals surface area contributed by atoms with Gasteiger partial charge in [-0.05, 0) is 36.1 Å². The molecule has 182 valence electrons. The number of hydrogen-bond donors (Lipinski definition) is 2. The molecule has 0 radical (unpaired) electrons. The monoisotopic (exact) mass is 505 g/mol. The maximum absolute atomic E-state index is 14.2. The Morgan fingerprint density at radius 3 is 2.43 bits per heavy atom. The average Bonchev–Trinajstić information content (AvgIpc) is 3.42. The van der Waals surface area contributed by atoms with Crippen molar-refractivity contribution in [3.05, 3.63) is 99.2 Å². The molecule has 1 aliphatic rings. The van der Waals surface area contributed by atoms with Gasteiger partial charge in [0.05, 0.1) is 17.4 Å². The molecule has 0 saturated carbocycles. The van der Waals surface area contributed by atoms with Crippen molar-refractivity contribution in [3.63, 3.8) is 0 Å². The lowest BCUT2D eigenvalue weighted by Crippen LogP contribution is -2.56. The number of aromatic nitrogens is 2. The fraction of sp³-hybridized carbons (Fsp3) is 0.250. The van der Waals surface area contributed by atoms with Crippen LogP contribution in [-0.4, -0.2) is 27.8 Å². The highest BCUT2D eigenvalue weighted by molar-refractivity contribution is 6.30. The molecule has 2 N–H and O–H groups in total. The summed E-state index contributed by atoms with van der Waals surface area (Å²) in [5.74, 6) is -2.26. The van der Waals surface area contributed by atoms with Crippen LogP contribution in [0, 0.1) is 12.7 Å². The Morgan fingerprint density at radius 1 is 1.11 bits per heavy atom. The summed E-state index contributed by atoms with van der Waals surface area (Å²) in [4.78, 5) is 12.9. The lowest BCUT2D eigenvalue weighted by molar-refractivity contribution is -0.182. The number of benzene rings is 2. The number of nitrogens with one attached hydrogen (secondary N) is 2. The number of hydrogen-bond acceptors (Lipinski definition) is 4.